The van der Waals surface area contributed by atoms with Gasteiger partial charge < -0.3 is 9.88 Å². The summed E-state index contributed by atoms with van der Waals surface area (Å²) in [6.07, 6.45) is 3.24. The molecule has 4 heteroatoms. The second kappa shape index (κ2) is 5.45. The second-order valence-electron chi connectivity index (χ2n) is 7.27. The molecule has 2 heterocycles. The molecule has 5 rings (SSSR count). The highest BCUT2D eigenvalue weighted by Gasteiger charge is 2.40. The monoisotopic (exact) mass is 331 g/mol. The lowest BCUT2D eigenvalue weighted by Gasteiger charge is -2.38. The Balaban J connectivity index is 1.48. The van der Waals surface area contributed by atoms with Crippen LogP contribution in [0.5, 0.6) is 0 Å². The molecule has 0 spiro atoms. The van der Waals surface area contributed by atoms with E-state index >= 15 is 0 Å². The summed E-state index contributed by atoms with van der Waals surface area (Å²) in [5.74, 6) is 1.51. The van der Waals surface area contributed by atoms with Gasteiger partial charge in [-0.05, 0) is 55.5 Å². The number of aryl methyl sites for hydroxylation is 1. The molecular weight excluding hydrogens is 310 g/mol. The number of carbonyl (C=O) groups is 1. The van der Waals surface area contributed by atoms with Gasteiger partial charge in [0.15, 0.2) is 0 Å². The molecule has 126 valence electrons. The van der Waals surface area contributed by atoms with Gasteiger partial charge in [-0.25, -0.2) is 4.98 Å². The molecule has 4 nitrogen and oxygen atoms in total. The highest BCUT2D eigenvalue weighted by Crippen LogP contribution is 2.42. The van der Waals surface area contributed by atoms with E-state index in [9.17, 15) is 4.79 Å². The zero-order valence-corrected chi connectivity index (χ0v) is 14.3. The van der Waals surface area contributed by atoms with E-state index in [0.717, 1.165) is 41.8 Å². The summed E-state index contributed by atoms with van der Waals surface area (Å²) in [6, 6.07) is 14.8. The molecule has 1 saturated heterocycles. The number of hydrogen-bond acceptors (Lipinski definition) is 2. The van der Waals surface area contributed by atoms with Crippen molar-refractivity contribution in [3.8, 4) is 0 Å². The Kier molecular flexibility index (Phi) is 3.20. The highest BCUT2D eigenvalue weighted by atomic mass is 16.2. The van der Waals surface area contributed by atoms with E-state index in [4.69, 9.17) is 0 Å². The number of carbonyl (C=O) groups excluding carboxylic acids is 1. The number of aromatic nitrogens is 2. The third-order valence-corrected chi connectivity index (χ3v) is 5.77. The zero-order chi connectivity index (χ0) is 17.0. The number of nitrogens with one attached hydrogen (secondary N) is 1. The van der Waals surface area contributed by atoms with Crippen LogP contribution < -0.4 is 0 Å². The number of fused-ring (bicyclic) bond motifs is 4. The Labute approximate surface area is 146 Å². The quantitative estimate of drug-likeness (QED) is 0.737. The van der Waals surface area contributed by atoms with E-state index in [1.54, 1.807) is 0 Å². The molecule has 1 N–H and O–H groups in total. The number of H-pyrrole nitrogens is 1. The van der Waals surface area contributed by atoms with Gasteiger partial charge in [0.1, 0.15) is 5.82 Å². The van der Waals surface area contributed by atoms with Gasteiger partial charge in [-0.15, -0.1) is 0 Å². The largest absolute Gasteiger partial charge is 0.342 e. The Morgan fingerprint density at radius 1 is 1.24 bits per heavy atom. The van der Waals surface area contributed by atoms with Crippen molar-refractivity contribution in [2.24, 2.45) is 0 Å². The molecule has 3 aromatic rings. The van der Waals surface area contributed by atoms with Crippen LogP contribution in [0.1, 0.15) is 46.1 Å². The van der Waals surface area contributed by atoms with Gasteiger partial charge in [-0.1, -0.05) is 24.3 Å². The summed E-state index contributed by atoms with van der Waals surface area (Å²) in [5.41, 5.74) is 5.46. The SMILES string of the molecule is Cc1nc2cc(C(=O)N3CCC[C@@H]4c5ccccc5C[C@@H]43)ccc2[nH]1. The maximum absolute atomic E-state index is 13.2. The van der Waals surface area contributed by atoms with Gasteiger partial charge in [0, 0.05) is 24.1 Å². The lowest BCUT2D eigenvalue weighted by atomic mass is 9.88. The molecule has 2 aromatic carbocycles. The molecule has 0 unspecified atom stereocenters. The van der Waals surface area contributed by atoms with Gasteiger partial charge in [0.25, 0.3) is 5.91 Å². The van der Waals surface area contributed by atoms with Crippen molar-refractivity contribution >= 4 is 16.9 Å². The van der Waals surface area contributed by atoms with E-state index in [0.29, 0.717) is 12.0 Å². The number of nitrogens with zero attached hydrogens (tertiary/aromatic N) is 2. The number of amides is 1. The first kappa shape index (κ1) is 14.7. The average molecular weight is 331 g/mol. The minimum absolute atomic E-state index is 0.144. The lowest BCUT2D eigenvalue weighted by Crippen LogP contribution is -2.46. The molecule has 1 aliphatic carbocycles. The third-order valence-electron chi connectivity index (χ3n) is 5.77. The smallest absolute Gasteiger partial charge is 0.254 e. The molecule has 1 aromatic heterocycles. The van der Waals surface area contributed by atoms with Crippen molar-refractivity contribution in [3.05, 3.63) is 65.0 Å². The number of hydrogen-bond donors (Lipinski definition) is 1. The molecule has 2 atom stereocenters. The van der Waals surface area contributed by atoms with Crippen molar-refractivity contribution in [1.82, 2.24) is 14.9 Å². The first-order valence-corrected chi connectivity index (χ1v) is 9.06. The van der Waals surface area contributed by atoms with Crippen LogP contribution in [0, 0.1) is 6.92 Å². The van der Waals surface area contributed by atoms with Crippen LogP contribution in [0.3, 0.4) is 0 Å². The minimum atomic E-state index is 0.144. The van der Waals surface area contributed by atoms with Gasteiger partial charge in [0.05, 0.1) is 11.0 Å². The normalized spacial score (nSPS) is 22.0. The Hall–Kier alpha value is -2.62. The van der Waals surface area contributed by atoms with Gasteiger partial charge in [0.2, 0.25) is 0 Å². The molecule has 0 bridgehead atoms. The number of benzene rings is 2. The highest BCUT2D eigenvalue weighted by molar-refractivity contribution is 5.97. The van der Waals surface area contributed by atoms with E-state index in [-0.39, 0.29) is 5.91 Å². The van der Waals surface area contributed by atoms with Crippen LogP contribution in [0.4, 0.5) is 0 Å². The van der Waals surface area contributed by atoms with Crippen LogP contribution in [0.2, 0.25) is 0 Å². The lowest BCUT2D eigenvalue weighted by molar-refractivity contribution is 0.0595. The maximum Gasteiger partial charge on any atom is 0.254 e. The van der Waals surface area contributed by atoms with Crippen molar-refractivity contribution in [1.29, 1.82) is 0 Å². The summed E-state index contributed by atoms with van der Waals surface area (Å²) < 4.78 is 0. The van der Waals surface area contributed by atoms with Crippen LogP contribution >= 0.6 is 0 Å². The third kappa shape index (κ3) is 2.28. The van der Waals surface area contributed by atoms with Crippen LogP contribution in [-0.2, 0) is 6.42 Å². The number of aromatic amines is 1. The standard InChI is InChI=1S/C21H21N3O/c1-13-22-18-9-8-15(11-19(18)23-13)21(25)24-10-4-7-17-16-6-3-2-5-14(16)12-20(17)24/h2-3,5-6,8-9,11,17,20H,4,7,10,12H2,1H3,(H,22,23)/t17-,20+/m1/s1. The minimum Gasteiger partial charge on any atom is -0.342 e. The molecular formula is C21H21N3O. The van der Waals surface area contributed by atoms with Gasteiger partial charge in [-0.2, -0.15) is 0 Å². The number of imidazole rings is 1. The fraction of sp³-hybridized carbons (Fsp3) is 0.333. The van der Waals surface area contributed by atoms with Crippen molar-refractivity contribution in [2.45, 2.75) is 38.1 Å². The Morgan fingerprint density at radius 2 is 2.12 bits per heavy atom. The molecule has 0 saturated carbocycles. The molecule has 0 radical (unpaired) electrons. The second-order valence-corrected chi connectivity index (χ2v) is 7.27. The van der Waals surface area contributed by atoms with Crippen molar-refractivity contribution in [2.75, 3.05) is 6.54 Å². The van der Waals surface area contributed by atoms with E-state index in [1.807, 2.05) is 25.1 Å². The van der Waals surface area contributed by atoms with E-state index in [2.05, 4.69) is 39.1 Å². The van der Waals surface area contributed by atoms with Crippen LogP contribution in [0.25, 0.3) is 11.0 Å². The molecule has 1 amide bonds. The number of piperidine rings is 1. The predicted octanol–water partition coefficient (Wildman–Crippen LogP) is 3.82. The van der Waals surface area contributed by atoms with Gasteiger partial charge in [-0.3, -0.25) is 4.79 Å². The van der Waals surface area contributed by atoms with E-state index < -0.39 is 0 Å². The van der Waals surface area contributed by atoms with Crippen LogP contribution in [-0.4, -0.2) is 33.4 Å². The van der Waals surface area contributed by atoms with Gasteiger partial charge >= 0.3 is 0 Å². The average Bonchev–Trinajstić information content (AvgIpc) is 3.19. The van der Waals surface area contributed by atoms with Crippen molar-refractivity contribution < 1.29 is 4.79 Å². The Morgan fingerprint density at radius 3 is 3.04 bits per heavy atom. The summed E-state index contributed by atoms with van der Waals surface area (Å²) in [4.78, 5) is 23.0. The fourth-order valence-corrected chi connectivity index (χ4v) is 4.66. The first-order valence-electron chi connectivity index (χ1n) is 9.06. The maximum atomic E-state index is 13.2. The molecule has 2 aliphatic rings. The number of rotatable bonds is 1. The number of likely N-dealkylation sites (tertiary alicyclic amines) is 1. The van der Waals surface area contributed by atoms with Crippen molar-refractivity contribution in [3.63, 3.8) is 0 Å². The first-order chi connectivity index (χ1) is 12.2. The summed E-state index contributed by atoms with van der Waals surface area (Å²) in [7, 11) is 0. The summed E-state index contributed by atoms with van der Waals surface area (Å²) >= 11 is 0. The topological polar surface area (TPSA) is 49.0 Å². The van der Waals surface area contributed by atoms with E-state index in [1.165, 1.54) is 17.5 Å². The van der Waals surface area contributed by atoms with Crippen LogP contribution in [0.15, 0.2) is 42.5 Å². The summed E-state index contributed by atoms with van der Waals surface area (Å²) in [5, 5.41) is 0. The summed E-state index contributed by atoms with van der Waals surface area (Å²) in [6.45, 7) is 2.79. The Bertz CT molecular complexity index is 974. The fourth-order valence-electron chi connectivity index (χ4n) is 4.66. The predicted molar refractivity (Wildman–Crippen MR) is 97.8 cm³/mol. The molecule has 25 heavy (non-hydrogen) atoms. The zero-order valence-electron chi connectivity index (χ0n) is 14.3. The molecule has 1 aliphatic heterocycles. The molecule has 1 fully saturated rings.